The third-order valence-corrected chi connectivity index (χ3v) is 5.77. The van der Waals surface area contributed by atoms with Crippen LogP contribution in [0.4, 0.5) is 0 Å². The highest BCUT2D eigenvalue weighted by Gasteiger charge is 2.16. The van der Waals surface area contributed by atoms with E-state index in [2.05, 4.69) is 58.5 Å². The van der Waals surface area contributed by atoms with Crippen LogP contribution in [0.25, 0.3) is 50.3 Å². The van der Waals surface area contributed by atoms with Crippen LogP contribution in [0.2, 0.25) is 5.28 Å². The van der Waals surface area contributed by atoms with Gasteiger partial charge >= 0.3 is 0 Å². The van der Waals surface area contributed by atoms with Crippen molar-refractivity contribution in [2.75, 3.05) is 0 Å². The molecule has 0 amide bonds. The molecule has 0 fully saturated rings. The van der Waals surface area contributed by atoms with Gasteiger partial charge in [0.25, 0.3) is 0 Å². The largest absolute Gasteiger partial charge is 0.278 e. The lowest BCUT2D eigenvalue weighted by Gasteiger charge is -2.09. The van der Waals surface area contributed by atoms with E-state index in [0.717, 1.165) is 38.5 Å². The zero-order valence-electron chi connectivity index (χ0n) is 17.0. The van der Waals surface area contributed by atoms with Crippen LogP contribution >= 0.6 is 11.6 Å². The number of aromatic nitrogens is 4. The number of hydrogen-bond donors (Lipinski definition) is 0. The van der Waals surface area contributed by atoms with Crippen molar-refractivity contribution in [3.05, 3.63) is 108 Å². The van der Waals surface area contributed by atoms with Gasteiger partial charge in [0.2, 0.25) is 11.2 Å². The van der Waals surface area contributed by atoms with Crippen molar-refractivity contribution in [3.63, 3.8) is 0 Å². The fraction of sp³-hybridized carbons (Fsp3) is 0. The minimum Gasteiger partial charge on any atom is -0.278 e. The summed E-state index contributed by atoms with van der Waals surface area (Å²) in [5.41, 5.74) is 5.17. The molecule has 0 aliphatic carbocycles. The van der Waals surface area contributed by atoms with E-state index in [9.17, 15) is 0 Å². The molecule has 6 rings (SSSR count). The molecular weight excluding hydrogens is 416 g/mol. The van der Waals surface area contributed by atoms with Gasteiger partial charge in [-0.25, -0.2) is 0 Å². The van der Waals surface area contributed by atoms with Gasteiger partial charge in [-0.15, -0.1) is 0 Å². The van der Waals surface area contributed by atoms with Crippen LogP contribution in [0, 0.1) is 0 Å². The maximum Gasteiger partial charge on any atom is 0.239 e. The molecule has 5 heteroatoms. The molecule has 4 aromatic carbocycles. The highest BCUT2D eigenvalue weighted by Crippen LogP contribution is 2.32. The third-order valence-electron chi connectivity index (χ3n) is 5.60. The van der Waals surface area contributed by atoms with Crippen molar-refractivity contribution in [3.8, 4) is 28.5 Å². The maximum atomic E-state index is 6.40. The molecule has 32 heavy (non-hydrogen) atoms. The Morgan fingerprint density at radius 2 is 1.12 bits per heavy atom. The second-order valence-corrected chi connectivity index (χ2v) is 7.88. The predicted octanol–water partition coefficient (Wildman–Crippen LogP) is 6.96. The van der Waals surface area contributed by atoms with Crippen LogP contribution in [0.15, 0.2) is 103 Å². The van der Waals surface area contributed by atoms with Gasteiger partial charge in [0.05, 0.1) is 11.0 Å². The number of halogens is 1. The summed E-state index contributed by atoms with van der Waals surface area (Å²) in [5.74, 6) is 1.04. The first-order valence-electron chi connectivity index (χ1n) is 10.3. The van der Waals surface area contributed by atoms with Crippen molar-refractivity contribution in [1.82, 2.24) is 19.5 Å². The normalized spacial score (nSPS) is 11.3. The molecule has 4 nitrogen and oxygen atoms in total. The fourth-order valence-corrected chi connectivity index (χ4v) is 4.33. The van der Waals surface area contributed by atoms with Gasteiger partial charge in [0.15, 0.2) is 5.82 Å². The Balaban J connectivity index is 1.56. The average Bonchev–Trinajstić information content (AvgIpc) is 3.19. The molecular formula is C27H17ClN4. The Labute approximate surface area is 189 Å². The SMILES string of the molecule is Clc1nc(-c2cccc(-c3ccccc3)c2)nc(-n2c3ccccc3c3ccccc32)n1. The summed E-state index contributed by atoms with van der Waals surface area (Å²) in [5, 5.41) is 2.46. The molecule has 0 aliphatic rings. The van der Waals surface area contributed by atoms with E-state index in [-0.39, 0.29) is 5.28 Å². The third kappa shape index (κ3) is 3.13. The van der Waals surface area contributed by atoms with E-state index < -0.39 is 0 Å². The molecule has 0 N–H and O–H groups in total. The van der Waals surface area contributed by atoms with Gasteiger partial charge in [-0.2, -0.15) is 15.0 Å². The molecule has 0 radical (unpaired) electrons. The Morgan fingerprint density at radius 1 is 0.531 bits per heavy atom. The first kappa shape index (κ1) is 18.7. The van der Waals surface area contributed by atoms with Crippen molar-refractivity contribution < 1.29 is 0 Å². The minimum atomic E-state index is 0.164. The van der Waals surface area contributed by atoms with Crippen molar-refractivity contribution >= 4 is 33.4 Å². The fourth-order valence-electron chi connectivity index (χ4n) is 4.18. The van der Waals surface area contributed by atoms with E-state index in [1.54, 1.807) is 0 Å². The number of hydrogen-bond acceptors (Lipinski definition) is 3. The number of benzene rings is 4. The smallest absolute Gasteiger partial charge is 0.239 e. The molecule has 0 aliphatic heterocycles. The Morgan fingerprint density at radius 3 is 1.84 bits per heavy atom. The second kappa shape index (κ2) is 7.59. The van der Waals surface area contributed by atoms with Gasteiger partial charge in [-0.3, -0.25) is 4.57 Å². The maximum absolute atomic E-state index is 6.40. The quantitative estimate of drug-likeness (QED) is 0.303. The van der Waals surface area contributed by atoms with E-state index >= 15 is 0 Å². The van der Waals surface area contributed by atoms with E-state index in [1.165, 1.54) is 0 Å². The lowest BCUT2D eigenvalue weighted by Crippen LogP contribution is -2.04. The van der Waals surface area contributed by atoms with Gasteiger partial charge in [0, 0.05) is 16.3 Å². The molecule has 0 bridgehead atoms. The van der Waals surface area contributed by atoms with Crippen molar-refractivity contribution in [2.45, 2.75) is 0 Å². The summed E-state index contributed by atoms with van der Waals surface area (Å²) in [4.78, 5) is 13.8. The van der Waals surface area contributed by atoms with Crippen LogP contribution in [-0.4, -0.2) is 19.5 Å². The Hall–Kier alpha value is -4.02. The Kier molecular flexibility index (Phi) is 4.44. The topological polar surface area (TPSA) is 43.6 Å². The molecule has 0 unspecified atom stereocenters. The summed E-state index contributed by atoms with van der Waals surface area (Å²) in [7, 11) is 0. The number of nitrogens with zero attached hydrogens (tertiary/aromatic N) is 4. The van der Waals surface area contributed by atoms with Gasteiger partial charge in [-0.1, -0.05) is 84.9 Å². The zero-order valence-corrected chi connectivity index (χ0v) is 17.7. The highest BCUT2D eigenvalue weighted by molar-refractivity contribution is 6.28. The van der Waals surface area contributed by atoms with Gasteiger partial charge in [0.1, 0.15) is 0 Å². The van der Waals surface area contributed by atoms with Crippen LogP contribution < -0.4 is 0 Å². The summed E-state index contributed by atoms with van der Waals surface area (Å²) < 4.78 is 2.04. The summed E-state index contributed by atoms with van der Waals surface area (Å²) in [6, 6.07) is 34.9. The van der Waals surface area contributed by atoms with Crippen LogP contribution in [0.5, 0.6) is 0 Å². The minimum absolute atomic E-state index is 0.164. The number of rotatable bonds is 3. The van der Waals surface area contributed by atoms with E-state index in [4.69, 9.17) is 16.6 Å². The highest BCUT2D eigenvalue weighted by atomic mass is 35.5. The summed E-state index contributed by atoms with van der Waals surface area (Å²) in [6.07, 6.45) is 0. The van der Waals surface area contributed by atoms with Gasteiger partial charge in [-0.05, 0) is 40.9 Å². The first-order chi connectivity index (χ1) is 15.8. The molecule has 2 heterocycles. The summed E-state index contributed by atoms with van der Waals surface area (Å²) >= 11 is 6.40. The predicted molar refractivity (Wildman–Crippen MR) is 130 cm³/mol. The summed E-state index contributed by atoms with van der Waals surface area (Å²) in [6.45, 7) is 0. The molecule has 152 valence electrons. The lowest BCUT2D eigenvalue weighted by atomic mass is 10.0. The monoisotopic (exact) mass is 432 g/mol. The lowest BCUT2D eigenvalue weighted by molar-refractivity contribution is 0.947. The van der Waals surface area contributed by atoms with Gasteiger partial charge < -0.3 is 0 Å². The molecule has 0 saturated heterocycles. The molecule has 0 saturated carbocycles. The zero-order chi connectivity index (χ0) is 21.5. The molecule has 0 spiro atoms. The standard InChI is InChI=1S/C27H17ClN4/c28-26-29-25(20-12-8-11-19(17-20)18-9-2-1-3-10-18)30-27(31-26)32-23-15-6-4-13-21(23)22-14-5-7-16-24(22)32/h1-17H. The van der Waals surface area contributed by atoms with E-state index in [1.807, 2.05) is 59.2 Å². The van der Waals surface area contributed by atoms with Crippen LogP contribution in [0.1, 0.15) is 0 Å². The molecule has 2 aromatic heterocycles. The van der Waals surface area contributed by atoms with Crippen molar-refractivity contribution in [1.29, 1.82) is 0 Å². The van der Waals surface area contributed by atoms with E-state index in [0.29, 0.717) is 11.8 Å². The number of fused-ring (bicyclic) bond motifs is 3. The molecule has 0 atom stereocenters. The Bertz CT molecular complexity index is 1540. The van der Waals surface area contributed by atoms with Crippen LogP contribution in [-0.2, 0) is 0 Å². The molecule has 6 aromatic rings. The second-order valence-electron chi connectivity index (χ2n) is 7.54. The first-order valence-corrected chi connectivity index (χ1v) is 10.7. The number of para-hydroxylation sites is 2. The van der Waals surface area contributed by atoms with Crippen LogP contribution in [0.3, 0.4) is 0 Å². The van der Waals surface area contributed by atoms with Crippen molar-refractivity contribution in [2.24, 2.45) is 0 Å². The average molecular weight is 433 g/mol.